The molecule has 2 heterocycles. The van der Waals surface area contributed by atoms with Crippen molar-refractivity contribution in [3.63, 3.8) is 0 Å². The molecule has 2 saturated heterocycles. The summed E-state index contributed by atoms with van der Waals surface area (Å²) < 4.78 is 22.7. The zero-order chi connectivity index (χ0) is 29.4. The molecule has 2 fully saturated rings. The number of aliphatic hydroxyl groups is 1. The molecule has 2 aliphatic rings. The molecule has 9 heteroatoms. The number of aliphatic hydroxyl groups excluding tert-OH is 1. The van der Waals surface area contributed by atoms with Crippen LogP contribution in [0.3, 0.4) is 0 Å². The molecule has 222 valence electrons. The van der Waals surface area contributed by atoms with Crippen molar-refractivity contribution < 1.29 is 33.6 Å². The number of rotatable bonds is 13. The molecule has 0 aromatic heterocycles. The molecule has 0 aliphatic carbocycles. The molecule has 2 aromatic rings. The van der Waals surface area contributed by atoms with Crippen LogP contribution in [0, 0.1) is 5.92 Å². The van der Waals surface area contributed by atoms with E-state index in [1.54, 1.807) is 48.4 Å². The normalized spacial score (nSPS) is 19.1. The molecule has 2 aromatic carbocycles. The van der Waals surface area contributed by atoms with Gasteiger partial charge in [-0.2, -0.15) is 0 Å². The summed E-state index contributed by atoms with van der Waals surface area (Å²) in [6, 6.07) is 11.5. The SMILES string of the molecule is CCCOc1ccc(/C(O)=C2\C(=O)C(=O)N(CCN3CCOCC3)C2c2ccc(OCCC(C)C)c(OC)c2)cc1. The lowest BCUT2D eigenvalue weighted by atomic mass is 9.95. The summed E-state index contributed by atoms with van der Waals surface area (Å²) in [6.07, 6.45) is 1.77. The van der Waals surface area contributed by atoms with Crippen LogP contribution in [-0.4, -0.2) is 86.3 Å². The third-order valence-electron chi connectivity index (χ3n) is 7.36. The fraction of sp³-hybridized carbons (Fsp3) is 0.500. The Morgan fingerprint density at radius 3 is 2.39 bits per heavy atom. The van der Waals surface area contributed by atoms with Gasteiger partial charge in [-0.05, 0) is 60.7 Å². The number of carbonyl (C=O) groups is 2. The minimum absolute atomic E-state index is 0.0507. The molecule has 0 spiro atoms. The van der Waals surface area contributed by atoms with Crippen LogP contribution in [0.25, 0.3) is 5.76 Å². The third kappa shape index (κ3) is 7.40. The summed E-state index contributed by atoms with van der Waals surface area (Å²) in [6.45, 7) is 11.1. The number of ketones is 1. The molecule has 9 nitrogen and oxygen atoms in total. The van der Waals surface area contributed by atoms with E-state index in [9.17, 15) is 14.7 Å². The van der Waals surface area contributed by atoms with Gasteiger partial charge in [0.05, 0.1) is 45.2 Å². The summed E-state index contributed by atoms with van der Waals surface area (Å²) in [5.41, 5.74) is 1.14. The highest BCUT2D eigenvalue weighted by Crippen LogP contribution is 2.42. The Morgan fingerprint density at radius 2 is 1.73 bits per heavy atom. The van der Waals surface area contributed by atoms with Gasteiger partial charge in [0, 0.05) is 31.7 Å². The second-order valence-electron chi connectivity index (χ2n) is 10.8. The lowest BCUT2D eigenvalue weighted by Gasteiger charge is -2.31. The molecule has 1 amide bonds. The number of hydrogen-bond donors (Lipinski definition) is 1. The van der Waals surface area contributed by atoms with Crippen molar-refractivity contribution in [2.24, 2.45) is 5.92 Å². The minimum atomic E-state index is -0.786. The van der Waals surface area contributed by atoms with Gasteiger partial charge < -0.3 is 29.0 Å². The van der Waals surface area contributed by atoms with Crippen molar-refractivity contribution in [2.75, 3.05) is 59.7 Å². The number of morpholine rings is 1. The van der Waals surface area contributed by atoms with Gasteiger partial charge >= 0.3 is 0 Å². The quantitative estimate of drug-likeness (QED) is 0.212. The fourth-order valence-electron chi connectivity index (χ4n) is 4.99. The van der Waals surface area contributed by atoms with E-state index in [0.717, 1.165) is 25.9 Å². The predicted octanol–water partition coefficient (Wildman–Crippen LogP) is 4.66. The number of likely N-dealkylation sites (tertiary alicyclic amines) is 1. The molecule has 0 bridgehead atoms. The van der Waals surface area contributed by atoms with E-state index in [1.807, 2.05) is 13.0 Å². The maximum Gasteiger partial charge on any atom is 0.295 e. The van der Waals surface area contributed by atoms with Crippen LogP contribution in [0.5, 0.6) is 17.2 Å². The lowest BCUT2D eigenvalue weighted by Crippen LogP contribution is -2.42. The number of methoxy groups -OCH3 is 1. The Hall–Kier alpha value is -3.56. The monoisotopic (exact) mass is 566 g/mol. The van der Waals surface area contributed by atoms with Gasteiger partial charge in [-0.3, -0.25) is 14.5 Å². The lowest BCUT2D eigenvalue weighted by molar-refractivity contribution is -0.140. The van der Waals surface area contributed by atoms with Gasteiger partial charge in [0.1, 0.15) is 11.5 Å². The minimum Gasteiger partial charge on any atom is -0.507 e. The molecule has 1 N–H and O–H groups in total. The highest BCUT2D eigenvalue weighted by molar-refractivity contribution is 6.46. The van der Waals surface area contributed by atoms with Crippen molar-refractivity contribution in [3.8, 4) is 17.2 Å². The van der Waals surface area contributed by atoms with Crippen LogP contribution in [0.2, 0.25) is 0 Å². The van der Waals surface area contributed by atoms with Crippen LogP contribution in [0.1, 0.15) is 50.8 Å². The van der Waals surface area contributed by atoms with E-state index in [1.165, 1.54) is 0 Å². The molecule has 1 atom stereocenters. The number of hydrogen-bond acceptors (Lipinski definition) is 8. The zero-order valence-electron chi connectivity index (χ0n) is 24.6. The molecule has 41 heavy (non-hydrogen) atoms. The first-order chi connectivity index (χ1) is 19.8. The summed E-state index contributed by atoms with van der Waals surface area (Å²) in [7, 11) is 1.56. The van der Waals surface area contributed by atoms with Gasteiger partial charge in [0.25, 0.3) is 11.7 Å². The summed E-state index contributed by atoms with van der Waals surface area (Å²) in [4.78, 5) is 30.7. The first-order valence-corrected chi connectivity index (χ1v) is 14.5. The Kier molecular flexibility index (Phi) is 10.7. The van der Waals surface area contributed by atoms with Crippen LogP contribution in [-0.2, 0) is 14.3 Å². The molecule has 0 radical (unpaired) electrons. The molecule has 0 saturated carbocycles. The van der Waals surface area contributed by atoms with Gasteiger partial charge in [-0.1, -0.05) is 26.8 Å². The Labute approximate surface area is 242 Å². The van der Waals surface area contributed by atoms with E-state index in [-0.39, 0.29) is 11.3 Å². The van der Waals surface area contributed by atoms with Gasteiger partial charge in [0.2, 0.25) is 0 Å². The van der Waals surface area contributed by atoms with E-state index >= 15 is 0 Å². The summed E-state index contributed by atoms with van der Waals surface area (Å²) >= 11 is 0. The van der Waals surface area contributed by atoms with E-state index < -0.39 is 17.7 Å². The molecule has 4 rings (SSSR count). The second kappa shape index (κ2) is 14.4. The molecular formula is C32H42N2O7. The summed E-state index contributed by atoms with van der Waals surface area (Å²) in [5.74, 6) is 0.691. The van der Waals surface area contributed by atoms with Crippen molar-refractivity contribution in [1.82, 2.24) is 9.80 Å². The number of nitrogens with zero attached hydrogens (tertiary/aromatic N) is 2. The third-order valence-corrected chi connectivity index (χ3v) is 7.36. The fourth-order valence-corrected chi connectivity index (χ4v) is 4.99. The highest BCUT2D eigenvalue weighted by Gasteiger charge is 2.46. The number of carbonyl (C=O) groups excluding carboxylic acids is 2. The van der Waals surface area contributed by atoms with Crippen LogP contribution >= 0.6 is 0 Å². The predicted molar refractivity (Wildman–Crippen MR) is 156 cm³/mol. The number of Topliss-reactive ketones (excluding diaryl/α,β-unsaturated/α-hetero) is 1. The van der Waals surface area contributed by atoms with Crippen molar-refractivity contribution in [1.29, 1.82) is 0 Å². The molecule has 1 unspecified atom stereocenters. The van der Waals surface area contributed by atoms with E-state index in [4.69, 9.17) is 18.9 Å². The molecular weight excluding hydrogens is 524 g/mol. The van der Waals surface area contributed by atoms with Crippen molar-refractivity contribution in [3.05, 3.63) is 59.2 Å². The smallest absolute Gasteiger partial charge is 0.295 e. The maximum absolute atomic E-state index is 13.5. The van der Waals surface area contributed by atoms with Gasteiger partial charge in [-0.25, -0.2) is 0 Å². The zero-order valence-corrected chi connectivity index (χ0v) is 24.6. The highest BCUT2D eigenvalue weighted by atomic mass is 16.5. The van der Waals surface area contributed by atoms with Crippen molar-refractivity contribution >= 4 is 17.4 Å². The van der Waals surface area contributed by atoms with Crippen molar-refractivity contribution in [2.45, 2.75) is 39.7 Å². The van der Waals surface area contributed by atoms with Crippen LogP contribution in [0.4, 0.5) is 0 Å². The standard InChI is InChI=1S/C32H42N2O7/c1-5-17-40-25-9-6-23(7-10-25)30(35)28-29(24-8-11-26(27(21-24)38-4)41-18-12-22(2)3)34(32(37)31(28)36)14-13-33-15-19-39-20-16-33/h6-11,21-22,29,35H,5,12-20H2,1-4H3/b30-28+. The van der Waals surface area contributed by atoms with Crippen LogP contribution < -0.4 is 14.2 Å². The topological polar surface area (TPSA) is 97.8 Å². The van der Waals surface area contributed by atoms with Gasteiger partial charge in [-0.15, -0.1) is 0 Å². The number of ether oxygens (including phenoxy) is 4. The second-order valence-corrected chi connectivity index (χ2v) is 10.8. The molecule has 2 aliphatic heterocycles. The average molecular weight is 567 g/mol. The number of benzene rings is 2. The van der Waals surface area contributed by atoms with Crippen LogP contribution in [0.15, 0.2) is 48.0 Å². The van der Waals surface area contributed by atoms with E-state index in [2.05, 4.69) is 18.7 Å². The van der Waals surface area contributed by atoms with E-state index in [0.29, 0.717) is 73.8 Å². The largest absolute Gasteiger partial charge is 0.507 e. The number of amides is 1. The Morgan fingerprint density at radius 1 is 1.00 bits per heavy atom. The first kappa shape index (κ1) is 30.4. The Balaban J connectivity index is 1.70. The summed E-state index contributed by atoms with van der Waals surface area (Å²) in [5, 5.41) is 11.4. The Bertz CT molecular complexity index is 1220. The average Bonchev–Trinajstić information content (AvgIpc) is 3.24. The van der Waals surface area contributed by atoms with Gasteiger partial charge in [0.15, 0.2) is 11.5 Å². The maximum atomic E-state index is 13.5. The first-order valence-electron chi connectivity index (χ1n) is 14.5.